The lowest BCUT2D eigenvalue weighted by Crippen LogP contribution is -2.47. The molecule has 1 aliphatic rings. The molecule has 2 aromatic rings. The van der Waals surface area contributed by atoms with Crippen molar-refractivity contribution in [3.8, 4) is 11.5 Å². The summed E-state index contributed by atoms with van der Waals surface area (Å²) in [5.41, 5.74) is 3.98. The number of methoxy groups -OCH3 is 2. The van der Waals surface area contributed by atoms with Crippen molar-refractivity contribution in [2.75, 3.05) is 34.4 Å². The van der Waals surface area contributed by atoms with Gasteiger partial charge >= 0.3 is 0 Å². The number of hydrogen-bond acceptors (Lipinski definition) is 4. The van der Waals surface area contributed by atoms with Crippen molar-refractivity contribution in [3.63, 3.8) is 0 Å². The number of aliphatic imine (C=N–C) groups is 1. The standard InChI is InChI=1S/C23H32N4O2.HI/c1-17(27-12-11-18-7-5-6-8-20(18)16-27)14-25-23(24-2)26-15-19-9-10-21(28-3)13-22(19)29-4;/h5-10,13,17H,11-12,14-16H2,1-4H3,(H2,24,25,26);1H. The van der Waals surface area contributed by atoms with Gasteiger partial charge in [-0.05, 0) is 36.6 Å². The molecule has 1 unspecified atom stereocenters. The molecule has 0 saturated carbocycles. The number of nitrogens with zero attached hydrogens (tertiary/aromatic N) is 2. The van der Waals surface area contributed by atoms with Gasteiger partial charge in [0.25, 0.3) is 0 Å². The lowest BCUT2D eigenvalue weighted by atomic mass is 9.99. The van der Waals surface area contributed by atoms with E-state index in [9.17, 15) is 0 Å². The van der Waals surface area contributed by atoms with Crippen molar-refractivity contribution < 1.29 is 9.47 Å². The average molecular weight is 524 g/mol. The lowest BCUT2D eigenvalue weighted by Gasteiger charge is -2.34. The molecule has 0 fully saturated rings. The van der Waals surface area contributed by atoms with Gasteiger partial charge < -0.3 is 20.1 Å². The minimum absolute atomic E-state index is 0. The van der Waals surface area contributed by atoms with Gasteiger partial charge in [-0.1, -0.05) is 24.3 Å². The molecule has 0 spiro atoms. The highest BCUT2D eigenvalue weighted by atomic mass is 127. The predicted octanol–water partition coefficient (Wildman–Crippen LogP) is 3.43. The second kappa shape index (κ2) is 12.0. The van der Waals surface area contributed by atoms with E-state index >= 15 is 0 Å². The fraction of sp³-hybridized carbons (Fsp3) is 0.435. The Morgan fingerprint density at radius 1 is 1.10 bits per heavy atom. The normalized spacial score (nSPS) is 14.9. The van der Waals surface area contributed by atoms with Crippen LogP contribution in [-0.2, 0) is 19.5 Å². The number of benzene rings is 2. The van der Waals surface area contributed by atoms with E-state index in [1.807, 2.05) is 18.2 Å². The highest BCUT2D eigenvalue weighted by molar-refractivity contribution is 14.0. The molecule has 3 rings (SSSR count). The van der Waals surface area contributed by atoms with Gasteiger partial charge in [-0.3, -0.25) is 9.89 Å². The van der Waals surface area contributed by atoms with Gasteiger partial charge in [0.2, 0.25) is 0 Å². The van der Waals surface area contributed by atoms with Gasteiger partial charge in [0.05, 0.1) is 14.2 Å². The molecule has 30 heavy (non-hydrogen) atoms. The smallest absolute Gasteiger partial charge is 0.191 e. The summed E-state index contributed by atoms with van der Waals surface area (Å²) < 4.78 is 10.7. The zero-order valence-corrected chi connectivity index (χ0v) is 20.6. The molecule has 2 N–H and O–H groups in total. The summed E-state index contributed by atoms with van der Waals surface area (Å²) in [6, 6.07) is 15.0. The van der Waals surface area contributed by atoms with E-state index in [-0.39, 0.29) is 24.0 Å². The SMILES string of the molecule is CN=C(NCc1ccc(OC)cc1OC)NCC(C)N1CCc2ccccc2C1.I. The number of ether oxygens (including phenoxy) is 2. The Labute approximate surface area is 197 Å². The molecule has 1 heterocycles. The van der Waals surface area contributed by atoms with Gasteiger partial charge in [0.1, 0.15) is 11.5 Å². The second-order valence-electron chi connectivity index (χ2n) is 7.32. The molecular weight excluding hydrogens is 491 g/mol. The van der Waals surface area contributed by atoms with Gasteiger partial charge in [-0.25, -0.2) is 0 Å². The molecule has 7 heteroatoms. The third kappa shape index (κ3) is 6.25. The molecule has 0 aromatic heterocycles. The average Bonchev–Trinajstić information content (AvgIpc) is 2.78. The van der Waals surface area contributed by atoms with E-state index in [2.05, 4.69) is 51.7 Å². The lowest BCUT2D eigenvalue weighted by molar-refractivity contribution is 0.191. The van der Waals surface area contributed by atoms with Gasteiger partial charge in [0.15, 0.2) is 5.96 Å². The van der Waals surface area contributed by atoms with Crippen LogP contribution in [0.3, 0.4) is 0 Å². The van der Waals surface area contributed by atoms with Crippen LogP contribution in [0.15, 0.2) is 47.5 Å². The minimum atomic E-state index is 0. The third-order valence-electron chi connectivity index (χ3n) is 5.51. The number of rotatable bonds is 7. The number of hydrogen-bond donors (Lipinski definition) is 2. The van der Waals surface area contributed by atoms with Crippen molar-refractivity contribution >= 4 is 29.9 Å². The van der Waals surface area contributed by atoms with E-state index in [4.69, 9.17) is 9.47 Å². The summed E-state index contributed by atoms with van der Waals surface area (Å²) in [4.78, 5) is 6.88. The van der Waals surface area contributed by atoms with Gasteiger partial charge in [-0.2, -0.15) is 0 Å². The van der Waals surface area contributed by atoms with Crippen molar-refractivity contribution in [2.24, 2.45) is 4.99 Å². The van der Waals surface area contributed by atoms with Gasteiger partial charge in [0, 0.05) is 50.9 Å². The molecule has 6 nitrogen and oxygen atoms in total. The predicted molar refractivity (Wildman–Crippen MR) is 133 cm³/mol. The van der Waals surface area contributed by atoms with E-state index < -0.39 is 0 Å². The molecule has 164 valence electrons. The van der Waals surface area contributed by atoms with Gasteiger partial charge in [-0.15, -0.1) is 24.0 Å². The summed E-state index contributed by atoms with van der Waals surface area (Å²) in [6.45, 7) is 5.82. The first-order valence-electron chi connectivity index (χ1n) is 10.1. The molecule has 0 aliphatic carbocycles. The summed E-state index contributed by atoms with van der Waals surface area (Å²) in [5, 5.41) is 6.82. The molecule has 0 amide bonds. The third-order valence-corrected chi connectivity index (χ3v) is 5.51. The highest BCUT2D eigenvalue weighted by Gasteiger charge is 2.20. The Morgan fingerprint density at radius 3 is 2.57 bits per heavy atom. The molecule has 0 radical (unpaired) electrons. The molecular formula is C23H33IN4O2. The molecule has 1 aliphatic heterocycles. The Hall–Kier alpha value is -2.00. The second-order valence-corrected chi connectivity index (χ2v) is 7.32. The van der Waals surface area contributed by atoms with E-state index in [0.29, 0.717) is 12.6 Å². The van der Waals surface area contributed by atoms with E-state index in [1.54, 1.807) is 21.3 Å². The fourth-order valence-corrected chi connectivity index (χ4v) is 3.66. The van der Waals surface area contributed by atoms with Crippen LogP contribution < -0.4 is 20.1 Å². The Kier molecular flexibility index (Phi) is 9.71. The first-order valence-corrected chi connectivity index (χ1v) is 10.1. The van der Waals surface area contributed by atoms with Crippen LogP contribution >= 0.6 is 24.0 Å². The largest absolute Gasteiger partial charge is 0.497 e. The van der Waals surface area contributed by atoms with Crippen LogP contribution in [0.1, 0.15) is 23.6 Å². The van der Waals surface area contributed by atoms with Crippen LogP contribution in [-0.4, -0.2) is 51.3 Å². The van der Waals surface area contributed by atoms with Crippen LogP contribution in [0.25, 0.3) is 0 Å². The molecule has 2 aromatic carbocycles. The quantitative estimate of drug-likeness (QED) is 0.330. The monoisotopic (exact) mass is 524 g/mol. The number of nitrogens with one attached hydrogen (secondary N) is 2. The highest BCUT2D eigenvalue weighted by Crippen LogP contribution is 2.24. The summed E-state index contributed by atoms with van der Waals surface area (Å²) in [6.07, 6.45) is 1.12. The van der Waals surface area contributed by atoms with Crippen molar-refractivity contribution in [1.29, 1.82) is 0 Å². The number of guanidine groups is 1. The summed E-state index contributed by atoms with van der Waals surface area (Å²) in [7, 11) is 5.12. The maximum Gasteiger partial charge on any atom is 0.191 e. The van der Waals surface area contributed by atoms with E-state index in [1.165, 1.54) is 11.1 Å². The van der Waals surface area contributed by atoms with Crippen molar-refractivity contribution in [3.05, 3.63) is 59.2 Å². The summed E-state index contributed by atoms with van der Waals surface area (Å²) >= 11 is 0. The van der Waals surface area contributed by atoms with Crippen LogP contribution in [0.4, 0.5) is 0 Å². The topological polar surface area (TPSA) is 58.1 Å². The molecule has 0 bridgehead atoms. The fourth-order valence-electron chi connectivity index (χ4n) is 3.66. The minimum Gasteiger partial charge on any atom is -0.497 e. The van der Waals surface area contributed by atoms with Crippen LogP contribution in [0.2, 0.25) is 0 Å². The first kappa shape index (κ1) is 24.3. The van der Waals surface area contributed by atoms with Crippen LogP contribution in [0, 0.1) is 0 Å². The Morgan fingerprint density at radius 2 is 1.87 bits per heavy atom. The maximum atomic E-state index is 5.47. The zero-order valence-electron chi connectivity index (χ0n) is 18.3. The first-order chi connectivity index (χ1) is 14.1. The number of halogens is 1. The molecule has 0 saturated heterocycles. The zero-order chi connectivity index (χ0) is 20.6. The van der Waals surface area contributed by atoms with Crippen molar-refractivity contribution in [1.82, 2.24) is 15.5 Å². The Bertz CT molecular complexity index is 844. The maximum absolute atomic E-state index is 5.47. The Balaban J connectivity index is 0.00000320. The van der Waals surface area contributed by atoms with Crippen molar-refractivity contribution in [2.45, 2.75) is 32.5 Å². The van der Waals surface area contributed by atoms with E-state index in [0.717, 1.165) is 49.1 Å². The van der Waals surface area contributed by atoms with Crippen LogP contribution in [0.5, 0.6) is 11.5 Å². The summed E-state index contributed by atoms with van der Waals surface area (Å²) in [5.74, 6) is 2.37. The number of fused-ring (bicyclic) bond motifs is 1. The molecule has 1 atom stereocenters.